The van der Waals surface area contributed by atoms with E-state index < -0.39 is 0 Å². The Bertz CT molecular complexity index is 475. The number of hydrogen-bond donors (Lipinski definition) is 1. The molecule has 0 bridgehead atoms. The number of nitrogens with one attached hydrogen (secondary N) is 1. The minimum Gasteiger partial charge on any atom is -0.311 e. The lowest BCUT2D eigenvalue weighted by atomic mass is 10.3. The molecule has 1 unspecified atom stereocenters. The number of aryl methyl sites for hydroxylation is 1. The lowest BCUT2D eigenvalue weighted by molar-refractivity contribution is 0.552. The molecule has 86 valence electrons. The number of aromatic nitrogens is 3. The van der Waals surface area contributed by atoms with E-state index in [4.69, 9.17) is 0 Å². The molecule has 4 nitrogen and oxygen atoms in total. The maximum absolute atomic E-state index is 4.64. The van der Waals surface area contributed by atoms with Gasteiger partial charge < -0.3 is 9.88 Å². The normalized spacial score (nSPS) is 13.2. The molecule has 1 atom stereocenters. The van der Waals surface area contributed by atoms with Crippen molar-refractivity contribution in [2.45, 2.75) is 32.9 Å². The van der Waals surface area contributed by atoms with E-state index in [1.807, 2.05) is 25.4 Å². The van der Waals surface area contributed by atoms with Crippen LogP contribution in [0.4, 0.5) is 0 Å². The Kier molecular flexibility index (Phi) is 3.19. The van der Waals surface area contributed by atoms with Crippen molar-refractivity contribution in [2.24, 2.45) is 0 Å². The van der Waals surface area contributed by atoms with Gasteiger partial charge in [0.25, 0.3) is 0 Å². The zero-order valence-electron chi connectivity index (χ0n) is 10.1. The summed E-state index contributed by atoms with van der Waals surface area (Å²) in [5.41, 5.74) is 1.97. The van der Waals surface area contributed by atoms with Crippen LogP contribution < -0.4 is 5.32 Å². The summed E-state index contributed by atoms with van der Waals surface area (Å²) in [6.45, 7) is 5.25. The van der Waals surface area contributed by atoms with Crippen LogP contribution in [0.5, 0.6) is 0 Å². The molecule has 0 saturated carbocycles. The molecular weight excluding hydrogens is 200 g/mol. The van der Waals surface area contributed by atoms with Crippen molar-refractivity contribution in [1.82, 2.24) is 19.9 Å². The Morgan fingerprint density at radius 3 is 3.00 bits per heavy atom. The average molecular weight is 218 g/mol. The van der Waals surface area contributed by atoms with Gasteiger partial charge >= 0.3 is 0 Å². The minimum absolute atomic E-state index is 0.251. The van der Waals surface area contributed by atoms with Gasteiger partial charge in [-0.1, -0.05) is 6.92 Å². The molecule has 16 heavy (non-hydrogen) atoms. The molecule has 2 aromatic heterocycles. The first-order valence-corrected chi connectivity index (χ1v) is 5.76. The van der Waals surface area contributed by atoms with Crippen molar-refractivity contribution in [3.63, 3.8) is 0 Å². The predicted octanol–water partition coefficient (Wildman–Crippen LogP) is 2.12. The number of rotatable bonds is 4. The van der Waals surface area contributed by atoms with Crippen molar-refractivity contribution < 1.29 is 0 Å². The van der Waals surface area contributed by atoms with Crippen LogP contribution in [0.25, 0.3) is 11.2 Å². The van der Waals surface area contributed by atoms with Crippen LogP contribution >= 0.6 is 0 Å². The summed E-state index contributed by atoms with van der Waals surface area (Å²) in [5, 5.41) is 3.23. The van der Waals surface area contributed by atoms with E-state index in [1.54, 1.807) is 0 Å². The molecular formula is C12H18N4. The van der Waals surface area contributed by atoms with Gasteiger partial charge in [0, 0.05) is 12.7 Å². The molecule has 2 rings (SSSR count). The van der Waals surface area contributed by atoms with E-state index >= 15 is 0 Å². The fraction of sp³-hybridized carbons (Fsp3) is 0.500. The third-order valence-corrected chi connectivity index (χ3v) is 2.80. The zero-order valence-corrected chi connectivity index (χ0v) is 10.1. The van der Waals surface area contributed by atoms with E-state index in [9.17, 15) is 0 Å². The van der Waals surface area contributed by atoms with Crippen molar-refractivity contribution in [3.05, 3.63) is 24.2 Å². The van der Waals surface area contributed by atoms with Crippen LogP contribution in [-0.4, -0.2) is 21.6 Å². The van der Waals surface area contributed by atoms with Crippen LogP contribution in [0.3, 0.4) is 0 Å². The summed E-state index contributed by atoms with van der Waals surface area (Å²) in [7, 11) is 1.95. The van der Waals surface area contributed by atoms with Crippen molar-refractivity contribution in [1.29, 1.82) is 0 Å². The van der Waals surface area contributed by atoms with Crippen LogP contribution in [0.2, 0.25) is 0 Å². The van der Waals surface area contributed by atoms with Gasteiger partial charge in [-0.25, -0.2) is 9.97 Å². The highest BCUT2D eigenvalue weighted by molar-refractivity contribution is 5.71. The highest BCUT2D eigenvalue weighted by Crippen LogP contribution is 2.18. The van der Waals surface area contributed by atoms with Crippen LogP contribution in [0.15, 0.2) is 18.3 Å². The standard InChI is InChI=1S/C12H18N4/c1-4-8-16-11(9(2)13-3)15-10-6-5-7-14-12(10)16/h5-7,9,13H,4,8H2,1-3H3. The lowest BCUT2D eigenvalue weighted by Crippen LogP contribution is -2.18. The topological polar surface area (TPSA) is 42.7 Å². The summed E-state index contributed by atoms with van der Waals surface area (Å²) < 4.78 is 2.20. The van der Waals surface area contributed by atoms with Gasteiger partial charge in [-0.3, -0.25) is 0 Å². The fourth-order valence-electron chi connectivity index (χ4n) is 1.88. The van der Waals surface area contributed by atoms with E-state index in [2.05, 4.69) is 33.7 Å². The molecule has 0 aromatic carbocycles. The van der Waals surface area contributed by atoms with E-state index in [1.165, 1.54) is 0 Å². The van der Waals surface area contributed by atoms with Crippen LogP contribution in [-0.2, 0) is 6.54 Å². The summed E-state index contributed by atoms with van der Waals surface area (Å²) in [6, 6.07) is 4.19. The fourth-order valence-corrected chi connectivity index (χ4v) is 1.88. The first kappa shape index (κ1) is 11.1. The quantitative estimate of drug-likeness (QED) is 0.854. The molecule has 0 aliphatic rings. The van der Waals surface area contributed by atoms with Gasteiger partial charge in [0.05, 0.1) is 6.04 Å². The second kappa shape index (κ2) is 4.61. The van der Waals surface area contributed by atoms with Gasteiger partial charge in [-0.05, 0) is 32.5 Å². The Labute approximate surface area is 95.7 Å². The smallest absolute Gasteiger partial charge is 0.160 e. The molecule has 0 aliphatic carbocycles. The maximum atomic E-state index is 4.64. The number of fused-ring (bicyclic) bond motifs is 1. The molecule has 0 amide bonds. The highest BCUT2D eigenvalue weighted by atomic mass is 15.2. The van der Waals surface area contributed by atoms with Gasteiger partial charge in [-0.2, -0.15) is 0 Å². The first-order chi connectivity index (χ1) is 7.77. The predicted molar refractivity (Wildman–Crippen MR) is 65.3 cm³/mol. The largest absolute Gasteiger partial charge is 0.311 e. The molecule has 4 heteroatoms. The summed E-state index contributed by atoms with van der Waals surface area (Å²) in [4.78, 5) is 9.05. The molecule has 0 saturated heterocycles. The second-order valence-corrected chi connectivity index (χ2v) is 3.98. The van der Waals surface area contributed by atoms with Gasteiger partial charge in [-0.15, -0.1) is 0 Å². The minimum atomic E-state index is 0.251. The molecule has 0 fully saturated rings. The van der Waals surface area contributed by atoms with Gasteiger partial charge in [0.1, 0.15) is 11.3 Å². The van der Waals surface area contributed by atoms with Crippen LogP contribution in [0, 0.1) is 0 Å². The molecule has 1 N–H and O–H groups in total. The summed E-state index contributed by atoms with van der Waals surface area (Å²) >= 11 is 0. The monoisotopic (exact) mass is 218 g/mol. The Balaban J connectivity index is 2.58. The molecule has 0 spiro atoms. The van der Waals surface area contributed by atoms with Gasteiger partial charge in [0.2, 0.25) is 0 Å². The average Bonchev–Trinajstić information content (AvgIpc) is 2.68. The Morgan fingerprint density at radius 2 is 2.31 bits per heavy atom. The molecule has 2 aromatic rings. The number of nitrogens with zero attached hydrogens (tertiary/aromatic N) is 3. The summed E-state index contributed by atoms with van der Waals surface area (Å²) in [5.74, 6) is 1.07. The highest BCUT2D eigenvalue weighted by Gasteiger charge is 2.14. The number of imidazole rings is 1. The third kappa shape index (κ3) is 1.80. The third-order valence-electron chi connectivity index (χ3n) is 2.80. The van der Waals surface area contributed by atoms with Crippen molar-refractivity contribution >= 4 is 11.2 Å². The SMILES string of the molecule is CCCn1c(C(C)NC)nc2cccnc21. The molecule has 2 heterocycles. The molecule has 0 aliphatic heterocycles. The Hall–Kier alpha value is -1.42. The van der Waals surface area contributed by atoms with E-state index in [0.29, 0.717) is 0 Å². The molecule has 0 radical (unpaired) electrons. The van der Waals surface area contributed by atoms with E-state index in [0.717, 1.165) is 30.0 Å². The lowest BCUT2D eigenvalue weighted by Gasteiger charge is -2.12. The van der Waals surface area contributed by atoms with Crippen molar-refractivity contribution in [3.8, 4) is 0 Å². The van der Waals surface area contributed by atoms with Crippen molar-refractivity contribution in [2.75, 3.05) is 7.05 Å². The Morgan fingerprint density at radius 1 is 1.50 bits per heavy atom. The second-order valence-electron chi connectivity index (χ2n) is 3.98. The van der Waals surface area contributed by atoms with Gasteiger partial charge in [0.15, 0.2) is 5.65 Å². The maximum Gasteiger partial charge on any atom is 0.160 e. The summed E-state index contributed by atoms with van der Waals surface area (Å²) in [6.07, 6.45) is 2.91. The number of hydrogen-bond acceptors (Lipinski definition) is 3. The number of pyridine rings is 1. The van der Waals surface area contributed by atoms with E-state index in [-0.39, 0.29) is 6.04 Å². The van der Waals surface area contributed by atoms with Crippen LogP contribution in [0.1, 0.15) is 32.1 Å². The first-order valence-electron chi connectivity index (χ1n) is 5.76. The zero-order chi connectivity index (χ0) is 11.5.